The molecule has 0 atom stereocenters. The van der Waals surface area contributed by atoms with Gasteiger partial charge in [0, 0.05) is 12.4 Å². The molecular weight excluding hydrogens is 219 g/mol. The van der Waals surface area contributed by atoms with Crippen molar-refractivity contribution in [2.75, 3.05) is 12.4 Å². The highest BCUT2D eigenvalue weighted by Gasteiger charge is 2.14. The number of fused-ring (bicyclic) bond motifs is 1. The predicted octanol–water partition coefficient (Wildman–Crippen LogP) is 2.75. The van der Waals surface area contributed by atoms with Gasteiger partial charge in [0.05, 0.1) is 5.52 Å². The van der Waals surface area contributed by atoms with Crippen molar-refractivity contribution in [3.63, 3.8) is 0 Å². The van der Waals surface area contributed by atoms with E-state index in [1.165, 1.54) is 25.2 Å². The smallest absolute Gasteiger partial charge is 0.297 e. The Hall–Kier alpha value is -1.85. The minimum Gasteiger partial charge on any atom is -0.373 e. The predicted molar refractivity (Wildman–Crippen MR) is 54.0 cm³/mol. The van der Waals surface area contributed by atoms with Crippen LogP contribution >= 0.6 is 0 Å². The molecule has 6 heteroatoms. The van der Waals surface area contributed by atoms with Crippen LogP contribution in [0.4, 0.5) is 19.0 Å². The number of halogens is 3. The van der Waals surface area contributed by atoms with Crippen LogP contribution in [-0.2, 0) is 0 Å². The maximum absolute atomic E-state index is 13.0. The van der Waals surface area contributed by atoms with E-state index >= 15 is 0 Å². The minimum atomic E-state index is -2.75. The fourth-order valence-corrected chi connectivity index (χ4v) is 1.41. The number of rotatable bonds is 2. The third-order valence-corrected chi connectivity index (χ3v) is 2.11. The van der Waals surface area contributed by atoms with Crippen molar-refractivity contribution >= 4 is 16.7 Å². The maximum atomic E-state index is 13.0. The third kappa shape index (κ3) is 1.78. The van der Waals surface area contributed by atoms with Crippen LogP contribution in [0.1, 0.15) is 12.2 Å². The SMILES string of the molecule is CNc1nc(C(F)F)nc2ccc(F)cc12. The number of hydrogen-bond acceptors (Lipinski definition) is 3. The summed E-state index contributed by atoms with van der Waals surface area (Å²) in [4.78, 5) is 7.28. The highest BCUT2D eigenvalue weighted by atomic mass is 19.3. The van der Waals surface area contributed by atoms with Crippen LogP contribution in [0.15, 0.2) is 18.2 Å². The molecule has 2 aromatic rings. The quantitative estimate of drug-likeness (QED) is 0.857. The van der Waals surface area contributed by atoms with Crippen LogP contribution in [0, 0.1) is 5.82 Å². The lowest BCUT2D eigenvalue weighted by molar-refractivity contribution is 0.141. The van der Waals surface area contributed by atoms with Gasteiger partial charge in [0.1, 0.15) is 11.6 Å². The lowest BCUT2D eigenvalue weighted by Crippen LogP contribution is -2.02. The van der Waals surface area contributed by atoms with E-state index in [9.17, 15) is 13.2 Å². The fourth-order valence-electron chi connectivity index (χ4n) is 1.41. The monoisotopic (exact) mass is 227 g/mol. The van der Waals surface area contributed by atoms with Crippen LogP contribution in [0.5, 0.6) is 0 Å². The molecule has 0 amide bonds. The highest BCUT2D eigenvalue weighted by Crippen LogP contribution is 2.24. The van der Waals surface area contributed by atoms with Crippen molar-refractivity contribution in [3.8, 4) is 0 Å². The summed E-state index contributed by atoms with van der Waals surface area (Å²) in [5, 5.41) is 3.02. The van der Waals surface area contributed by atoms with Gasteiger partial charge in [0.25, 0.3) is 6.43 Å². The summed E-state index contributed by atoms with van der Waals surface area (Å²) in [5.41, 5.74) is 0.288. The molecule has 1 aromatic carbocycles. The van der Waals surface area contributed by atoms with E-state index in [4.69, 9.17) is 0 Å². The average Bonchev–Trinajstić information content (AvgIpc) is 2.27. The molecule has 0 fully saturated rings. The van der Waals surface area contributed by atoms with Crippen LogP contribution < -0.4 is 5.32 Å². The molecule has 84 valence electrons. The molecule has 1 N–H and O–H groups in total. The summed E-state index contributed by atoms with van der Waals surface area (Å²) in [6, 6.07) is 3.72. The Morgan fingerprint density at radius 1 is 1.25 bits per heavy atom. The Bertz CT molecular complexity index is 528. The van der Waals surface area contributed by atoms with Crippen LogP contribution in [0.3, 0.4) is 0 Å². The average molecular weight is 227 g/mol. The molecule has 0 radical (unpaired) electrons. The van der Waals surface area contributed by atoms with E-state index in [-0.39, 0.29) is 11.3 Å². The van der Waals surface area contributed by atoms with Crippen molar-refractivity contribution in [2.24, 2.45) is 0 Å². The summed E-state index contributed by atoms with van der Waals surface area (Å²) in [6.07, 6.45) is -2.75. The first-order valence-electron chi connectivity index (χ1n) is 4.55. The van der Waals surface area contributed by atoms with Crippen molar-refractivity contribution in [3.05, 3.63) is 29.8 Å². The van der Waals surface area contributed by atoms with E-state index in [1.54, 1.807) is 0 Å². The van der Waals surface area contributed by atoms with Gasteiger partial charge in [-0.25, -0.2) is 23.1 Å². The van der Waals surface area contributed by atoms with Gasteiger partial charge in [-0.15, -0.1) is 0 Å². The Morgan fingerprint density at radius 3 is 2.62 bits per heavy atom. The van der Waals surface area contributed by atoms with Crippen LogP contribution in [0.2, 0.25) is 0 Å². The highest BCUT2D eigenvalue weighted by molar-refractivity contribution is 5.89. The van der Waals surface area contributed by atoms with Gasteiger partial charge in [-0.05, 0) is 18.2 Å². The Labute approximate surface area is 89.3 Å². The van der Waals surface area contributed by atoms with E-state index < -0.39 is 18.1 Å². The summed E-state index contributed by atoms with van der Waals surface area (Å²) in [7, 11) is 1.53. The molecule has 16 heavy (non-hydrogen) atoms. The lowest BCUT2D eigenvalue weighted by Gasteiger charge is -2.07. The van der Waals surface area contributed by atoms with Gasteiger partial charge in [0.15, 0.2) is 5.82 Å². The second-order valence-electron chi connectivity index (χ2n) is 3.14. The number of hydrogen-bond donors (Lipinski definition) is 1. The van der Waals surface area contributed by atoms with Gasteiger partial charge in [0.2, 0.25) is 0 Å². The number of nitrogens with one attached hydrogen (secondary N) is 1. The molecule has 2 rings (SSSR count). The Balaban J connectivity index is 2.73. The van der Waals surface area contributed by atoms with E-state index in [2.05, 4.69) is 15.3 Å². The molecule has 0 unspecified atom stereocenters. The number of aromatic nitrogens is 2. The molecule has 3 nitrogen and oxygen atoms in total. The number of benzene rings is 1. The zero-order valence-electron chi connectivity index (χ0n) is 8.34. The first kappa shape index (κ1) is 10.7. The number of anilines is 1. The topological polar surface area (TPSA) is 37.8 Å². The second kappa shape index (κ2) is 3.96. The van der Waals surface area contributed by atoms with Gasteiger partial charge >= 0.3 is 0 Å². The summed E-state index contributed by atoms with van der Waals surface area (Å²) in [6.45, 7) is 0. The fraction of sp³-hybridized carbons (Fsp3) is 0.200. The first-order chi connectivity index (χ1) is 7.61. The molecule has 0 aliphatic carbocycles. The van der Waals surface area contributed by atoms with Crippen LogP contribution in [0.25, 0.3) is 10.9 Å². The molecule has 0 bridgehead atoms. The Kier molecular flexibility index (Phi) is 2.64. The van der Waals surface area contributed by atoms with Crippen LogP contribution in [-0.4, -0.2) is 17.0 Å². The van der Waals surface area contributed by atoms with Gasteiger partial charge < -0.3 is 5.32 Å². The largest absolute Gasteiger partial charge is 0.373 e. The summed E-state index contributed by atoms with van der Waals surface area (Å²) >= 11 is 0. The van der Waals surface area contributed by atoms with Gasteiger partial charge in [-0.2, -0.15) is 0 Å². The van der Waals surface area contributed by atoms with Crippen molar-refractivity contribution in [1.29, 1.82) is 0 Å². The molecule has 0 spiro atoms. The molecule has 1 heterocycles. The molecule has 0 saturated carbocycles. The molecule has 0 saturated heterocycles. The lowest BCUT2D eigenvalue weighted by atomic mass is 10.2. The zero-order valence-corrected chi connectivity index (χ0v) is 8.34. The first-order valence-corrected chi connectivity index (χ1v) is 4.55. The molecule has 1 aromatic heterocycles. The zero-order chi connectivity index (χ0) is 11.7. The van der Waals surface area contributed by atoms with Crippen molar-refractivity contribution in [2.45, 2.75) is 6.43 Å². The summed E-state index contributed by atoms with van der Waals surface area (Å²) < 4.78 is 37.9. The second-order valence-corrected chi connectivity index (χ2v) is 3.14. The van der Waals surface area contributed by atoms with Gasteiger partial charge in [-0.1, -0.05) is 0 Å². The number of alkyl halides is 2. The molecular formula is C10H8F3N3. The van der Waals surface area contributed by atoms with Crippen molar-refractivity contribution < 1.29 is 13.2 Å². The normalized spacial score (nSPS) is 11.1. The number of nitrogens with zero attached hydrogens (tertiary/aromatic N) is 2. The van der Waals surface area contributed by atoms with E-state index in [1.807, 2.05) is 0 Å². The van der Waals surface area contributed by atoms with Crippen molar-refractivity contribution in [1.82, 2.24) is 9.97 Å². The summed E-state index contributed by atoms with van der Waals surface area (Å²) in [5.74, 6) is -0.833. The van der Waals surface area contributed by atoms with E-state index in [0.717, 1.165) is 0 Å². The third-order valence-electron chi connectivity index (χ3n) is 2.11. The minimum absolute atomic E-state index is 0.194. The maximum Gasteiger partial charge on any atom is 0.297 e. The molecule has 0 aliphatic heterocycles. The Morgan fingerprint density at radius 2 is 2.00 bits per heavy atom. The molecule has 0 aliphatic rings. The van der Waals surface area contributed by atoms with Gasteiger partial charge in [-0.3, -0.25) is 0 Å². The van der Waals surface area contributed by atoms with E-state index in [0.29, 0.717) is 5.39 Å². The standard InChI is InChI=1S/C10H8F3N3/c1-14-9-6-4-5(11)2-3-7(6)15-10(16-9)8(12)13/h2-4,8H,1H3,(H,14,15,16).